The molecule has 2 N–H and O–H groups in total. The van der Waals surface area contributed by atoms with Gasteiger partial charge in [-0.05, 0) is 47.5 Å². The Morgan fingerprint density at radius 3 is 2.41 bits per heavy atom. The van der Waals surface area contributed by atoms with Crippen LogP contribution in [0.1, 0.15) is 5.56 Å². The molecule has 3 aromatic carbocycles. The zero-order valence-corrected chi connectivity index (χ0v) is 17.5. The molecule has 3 aromatic rings. The van der Waals surface area contributed by atoms with Gasteiger partial charge in [0.2, 0.25) is 0 Å². The van der Waals surface area contributed by atoms with Crippen molar-refractivity contribution in [1.82, 2.24) is 5.32 Å². The van der Waals surface area contributed by atoms with Crippen molar-refractivity contribution in [3.63, 3.8) is 0 Å². The molecule has 4 rings (SSSR count). The lowest BCUT2D eigenvalue weighted by Gasteiger charge is -2.38. The Kier molecular flexibility index (Phi) is 5.60. The van der Waals surface area contributed by atoms with Gasteiger partial charge in [0.1, 0.15) is 11.6 Å². The maximum absolute atomic E-state index is 13.6. The van der Waals surface area contributed by atoms with Gasteiger partial charge in [0.25, 0.3) is 0 Å². The molecule has 1 atom stereocenters. The summed E-state index contributed by atoms with van der Waals surface area (Å²) in [5.41, 5.74) is 3.34. The molecule has 0 bridgehead atoms. The van der Waals surface area contributed by atoms with Crippen LogP contribution in [0.3, 0.4) is 0 Å². The smallest absolute Gasteiger partial charge is 0.188 e. The Balaban J connectivity index is 1.99. The van der Waals surface area contributed by atoms with Gasteiger partial charge in [-0.25, -0.2) is 4.39 Å². The summed E-state index contributed by atoms with van der Waals surface area (Å²) in [6.45, 7) is 0.349. The zero-order chi connectivity index (χ0) is 20.7. The van der Waals surface area contributed by atoms with E-state index in [1.54, 1.807) is 42.3 Å². The number of anilines is 2. The third-order valence-corrected chi connectivity index (χ3v) is 5.72. The Hall–Kier alpha value is -2.02. The number of halogens is 4. The third-order valence-electron chi connectivity index (χ3n) is 4.80. The molecular weight excluding hydrogens is 438 g/mol. The van der Waals surface area contributed by atoms with Gasteiger partial charge >= 0.3 is 0 Å². The van der Waals surface area contributed by atoms with E-state index in [2.05, 4.69) is 5.32 Å². The first-order chi connectivity index (χ1) is 13.9. The molecule has 1 aliphatic heterocycles. The van der Waals surface area contributed by atoms with E-state index in [4.69, 9.17) is 39.5 Å². The number of hydrogen-bond acceptors (Lipinski definition) is 4. The highest BCUT2D eigenvalue weighted by Crippen LogP contribution is 2.46. The summed E-state index contributed by atoms with van der Waals surface area (Å²) in [5, 5.41) is 14.8. The van der Waals surface area contributed by atoms with Crippen molar-refractivity contribution in [2.45, 2.75) is 12.9 Å². The van der Waals surface area contributed by atoms with E-state index in [-0.39, 0.29) is 5.02 Å². The Morgan fingerprint density at radius 2 is 1.76 bits per heavy atom. The van der Waals surface area contributed by atoms with E-state index in [9.17, 15) is 9.50 Å². The van der Waals surface area contributed by atoms with Crippen LogP contribution in [-0.4, -0.2) is 18.6 Å². The maximum Gasteiger partial charge on any atom is 0.188 e. The van der Waals surface area contributed by atoms with Crippen molar-refractivity contribution >= 4 is 46.2 Å². The van der Waals surface area contributed by atoms with E-state index in [1.165, 1.54) is 12.1 Å². The van der Waals surface area contributed by atoms with Crippen molar-refractivity contribution in [3.05, 3.63) is 75.0 Å². The van der Waals surface area contributed by atoms with Gasteiger partial charge in [-0.2, -0.15) is 0 Å². The van der Waals surface area contributed by atoms with Crippen molar-refractivity contribution in [2.75, 3.05) is 12.0 Å². The monoisotopic (exact) mass is 452 g/mol. The molecule has 0 aliphatic carbocycles. The number of methoxy groups -OCH3 is 1. The molecule has 1 unspecified atom stereocenters. The van der Waals surface area contributed by atoms with Gasteiger partial charge in [0, 0.05) is 18.2 Å². The van der Waals surface area contributed by atoms with Crippen LogP contribution in [0.5, 0.6) is 5.75 Å². The first kappa shape index (κ1) is 20.3. The second-order valence-electron chi connectivity index (χ2n) is 6.49. The van der Waals surface area contributed by atoms with Gasteiger partial charge in [-0.3, -0.25) is 10.2 Å². The minimum absolute atomic E-state index is 0.272. The average Bonchev–Trinajstić information content (AvgIpc) is 2.68. The molecule has 0 saturated carbocycles. The summed E-state index contributed by atoms with van der Waals surface area (Å²) >= 11 is 19.1. The summed E-state index contributed by atoms with van der Waals surface area (Å²) in [7, 11) is 1.54. The first-order valence-corrected chi connectivity index (χ1v) is 9.85. The van der Waals surface area contributed by atoms with Crippen LogP contribution in [0.15, 0.2) is 48.5 Å². The van der Waals surface area contributed by atoms with Gasteiger partial charge < -0.3 is 9.84 Å². The SMILES string of the molecule is COc1cc(-c2ccc(F)cc2Cl)c2c(c1)N(c1c(Cl)cccc1Cl)C(O)NC2. The number of fused-ring (bicyclic) bond motifs is 1. The quantitative estimate of drug-likeness (QED) is 0.512. The Bertz CT molecular complexity index is 1070. The molecule has 0 aromatic heterocycles. The summed E-state index contributed by atoms with van der Waals surface area (Å²) in [6, 6.07) is 13.0. The largest absolute Gasteiger partial charge is 0.497 e. The van der Waals surface area contributed by atoms with E-state index >= 15 is 0 Å². The molecule has 4 nitrogen and oxygen atoms in total. The van der Waals surface area contributed by atoms with Gasteiger partial charge in [-0.15, -0.1) is 0 Å². The van der Waals surface area contributed by atoms with E-state index in [0.29, 0.717) is 39.3 Å². The first-order valence-electron chi connectivity index (χ1n) is 8.71. The van der Waals surface area contributed by atoms with E-state index in [1.807, 2.05) is 6.07 Å². The fourth-order valence-corrected chi connectivity index (χ4v) is 4.32. The van der Waals surface area contributed by atoms with Crippen LogP contribution >= 0.6 is 34.8 Å². The van der Waals surface area contributed by atoms with E-state index < -0.39 is 12.2 Å². The zero-order valence-electron chi connectivity index (χ0n) is 15.2. The summed E-state index contributed by atoms with van der Waals surface area (Å²) in [4.78, 5) is 1.60. The molecule has 1 aliphatic rings. The number of aliphatic hydroxyl groups excluding tert-OH is 1. The average molecular weight is 454 g/mol. The standard InChI is InChI=1S/C21H16Cl3FN2O2/c1-29-12-8-14(13-6-5-11(25)7-18(13)24)15-10-26-21(28)27(19(15)9-12)20-16(22)3-2-4-17(20)23/h2-9,21,26,28H,10H2,1H3. The summed E-state index contributed by atoms with van der Waals surface area (Å²) in [6.07, 6.45) is -1.07. The highest BCUT2D eigenvalue weighted by molar-refractivity contribution is 6.39. The summed E-state index contributed by atoms with van der Waals surface area (Å²) < 4.78 is 19.1. The van der Waals surface area contributed by atoms with Crippen molar-refractivity contribution in [2.24, 2.45) is 0 Å². The minimum atomic E-state index is -1.07. The molecule has 0 saturated heterocycles. The van der Waals surface area contributed by atoms with E-state index in [0.717, 1.165) is 11.1 Å². The molecule has 0 amide bonds. The second-order valence-corrected chi connectivity index (χ2v) is 7.71. The van der Waals surface area contributed by atoms with Crippen LogP contribution in [0.4, 0.5) is 15.8 Å². The van der Waals surface area contributed by atoms with Gasteiger partial charge in [0.15, 0.2) is 6.35 Å². The number of rotatable bonds is 3. The number of ether oxygens (including phenoxy) is 1. The molecular formula is C21H16Cl3FN2O2. The molecule has 150 valence electrons. The van der Waals surface area contributed by atoms with Gasteiger partial charge in [-0.1, -0.05) is 40.9 Å². The van der Waals surface area contributed by atoms with Crippen LogP contribution in [0, 0.1) is 5.82 Å². The number of para-hydroxylation sites is 1. The Morgan fingerprint density at radius 1 is 1.03 bits per heavy atom. The molecule has 8 heteroatoms. The molecule has 0 fully saturated rings. The van der Waals surface area contributed by atoms with Crippen molar-refractivity contribution in [1.29, 1.82) is 0 Å². The lowest BCUT2D eigenvalue weighted by Crippen LogP contribution is -2.47. The lowest BCUT2D eigenvalue weighted by molar-refractivity contribution is 0.135. The van der Waals surface area contributed by atoms with Crippen LogP contribution in [0.25, 0.3) is 11.1 Å². The van der Waals surface area contributed by atoms with Gasteiger partial charge in [0.05, 0.1) is 33.6 Å². The number of nitrogens with one attached hydrogen (secondary N) is 1. The van der Waals surface area contributed by atoms with Crippen molar-refractivity contribution in [3.8, 4) is 16.9 Å². The number of benzene rings is 3. The maximum atomic E-state index is 13.6. The van der Waals surface area contributed by atoms with Crippen molar-refractivity contribution < 1.29 is 14.2 Å². The third kappa shape index (κ3) is 3.65. The minimum Gasteiger partial charge on any atom is -0.497 e. The topological polar surface area (TPSA) is 44.7 Å². The van der Waals surface area contributed by atoms with Crippen LogP contribution < -0.4 is 15.0 Å². The predicted molar refractivity (Wildman–Crippen MR) is 115 cm³/mol. The number of hydrogen-bond donors (Lipinski definition) is 2. The molecule has 1 heterocycles. The molecule has 0 radical (unpaired) electrons. The fourth-order valence-electron chi connectivity index (χ4n) is 3.48. The highest BCUT2D eigenvalue weighted by atomic mass is 35.5. The highest BCUT2D eigenvalue weighted by Gasteiger charge is 2.31. The predicted octanol–water partition coefficient (Wildman–Crippen LogP) is 5.98. The van der Waals surface area contributed by atoms with Crippen LogP contribution in [-0.2, 0) is 6.54 Å². The number of aliphatic hydroxyl groups is 1. The fraction of sp³-hybridized carbons (Fsp3) is 0.143. The summed E-state index contributed by atoms with van der Waals surface area (Å²) in [5.74, 6) is 0.120. The normalized spacial score (nSPS) is 15.9. The van der Waals surface area contributed by atoms with Crippen LogP contribution in [0.2, 0.25) is 15.1 Å². The Labute approximate surface area is 182 Å². The lowest BCUT2D eigenvalue weighted by atomic mass is 9.95. The number of nitrogens with zero attached hydrogens (tertiary/aromatic N) is 1. The molecule has 29 heavy (non-hydrogen) atoms. The second kappa shape index (κ2) is 8.01. The molecule has 0 spiro atoms.